The van der Waals surface area contributed by atoms with Crippen molar-refractivity contribution in [3.63, 3.8) is 0 Å². The zero-order chi connectivity index (χ0) is 20.3. The maximum atomic E-state index is 14.5. The maximum Gasteiger partial charge on any atom is 0.274 e. The summed E-state index contributed by atoms with van der Waals surface area (Å²) in [6.45, 7) is 4.13. The first-order valence-electron chi connectivity index (χ1n) is 9.16. The number of carbonyl (C=O) groups excluding carboxylic acids is 1. The molecular formula is C22H24FN3O2. The molecule has 5 nitrogen and oxygen atoms in total. The van der Waals surface area contributed by atoms with E-state index in [1.807, 2.05) is 20.9 Å². The first-order valence-corrected chi connectivity index (χ1v) is 9.16. The van der Waals surface area contributed by atoms with Crippen LogP contribution in [0.15, 0.2) is 55.0 Å². The smallest absolute Gasteiger partial charge is 0.274 e. The zero-order valence-corrected chi connectivity index (χ0v) is 16.3. The summed E-state index contributed by atoms with van der Waals surface area (Å²) in [4.78, 5) is 18.7. The van der Waals surface area contributed by atoms with Crippen molar-refractivity contribution in [2.24, 2.45) is 7.05 Å². The van der Waals surface area contributed by atoms with Gasteiger partial charge in [-0.2, -0.15) is 0 Å². The second kappa shape index (κ2) is 8.35. The largest absolute Gasteiger partial charge is 0.392 e. The van der Waals surface area contributed by atoms with Crippen molar-refractivity contribution in [3.05, 3.63) is 77.6 Å². The molecule has 0 atom stereocenters. The van der Waals surface area contributed by atoms with Crippen molar-refractivity contribution < 1.29 is 14.3 Å². The lowest BCUT2D eigenvalue weighted by Gasteiger charge is -2.26. The molecule has 1 heterocycles. The lowest BCUT2D eigenvalue weighted by atomic mass is 10.00. The van der Waals surface area contributed by atoms with Crippen LogP contribution in [0.25, 0.3) is 11.1 Å². The molecule has 28 heavy (non-hydrogen) atoms. The summed E-state index contributed by atoms with van der Waals surface area (Å²) in [6.07, 6.45) is 3.28. The highest BCUT2D eigenvalue weighted by Gasteiger charge is 2.21. The summed E-state index contributed by atoms with van der Waals surface area (Å²) >= 11 is 0. The number of aliphatic hydroxyl groups is 1. The van der Waals surface area contributed by atoms with E-state index in [2.05, 4.69) is 4.98 Å². The molecule has 0 aliphatic carbocycles. The number of carbonyl (C=O) groups is 1. The van der Waals surface area contributed by atoms with Crippen LogP contribution >= 0.6 is 0 Å². The number of aliphatic hydroxyl groups excluding tert-OH is 1. The van der Waals surface area contributed by atoms with Crippen molar-refractivity contribution >= 4 is 5.91 Å². The number of amides is 1. The summed E-state index contributed by atoms with van der Waals surface area (Å²) in [6, 6.07) is 12.0. The molecule has 0 saturated carbocycles. The second-order valence-electron chi connectivity index (χ2n) is 7.12. The molecule has 0 aliphatic heterocycles. The average molecular weight is 381 g/mol. The molecule has 0 spiro atoms. The summed E-state index contributed by atoms with van der Waals surface area (Å²) in [5, 5.41) is 9.34. The number of halogens is 1. The predicted octanol–water partition coefficient (Wildman–Crippen LogP) is 3.77. The average Bonchev–Trinajstić information content (AvgIpc) is 3.13. The second-order valence-corrected chi connectivity index (χ2v) is 7.12. The van der Waals surface area contributed by atoms with Crippen molar-refractivity contribution in [2.45, 2.75) is 33.0 Å². The van der Waals surface area contributed by atoms with Crippen molar-refractivity contribution in [1.29, 1.82) is 0 Å². The molecule has 0 bridgehead atoms. The van der Waals surface area contributed by atoms with Crippen LogP contribution in [0, 0.1) is 5.82 Å². The minimum absolute atomic E-state index is 0.0410. The van der Waals surface area contributed by atoms with E-state index in [1.54, 1.807) is 58.4 Å². The minimum atomic E-state index is -0.342. The van der Waals surface area contributed by atoms with Crippen LogP contribution in [0.5, 0.6) is 0 Å². The van der Waals surface area contributed by atoms with Crippen LogP contribution in [0.4, 0.5) is 4.39 Å². The SMILES string of the molecule is CC(C)N(Cc1ccc(F)c(-c2cccc(CO)c2)c1)C(=O)c1cn(C)cn1. The van der Waals surface area contributed by atoms with Crippen molar-refractivity contribution in [1.82, 2.24) is 14.5 Å². The van der Waals surface area contributed by atoms with Gasteiger partial charge in [0.15, 0.2) is 0 Å². The van der Waals surface area contributed by atoms with E-state index in [0.717, 1.165) is 11.1 Å². The van der Waals surface area contributed by atoms with Gasteiger partial charge in [0.25, 0.3) is 5.91 Å². The monoisotopic (exact) mass is 381 g/mol. The number of imidazole rings is 1. The normalized spacial score (nSPS) is 11.1. The molecule has 0 aliphatic rings. The molecule has 1 aromatic heterocycles. The van der Waals surface area contributed by atoms with E-state index in [1.165, 1.54) is 6.07 Å². The van der Waals surface area contributed by atoms with Crippen molar-refractivity contribution in [2.75, 3.05) is 0 Å². The van der Waals surface area contributed by atoms with Crippen LogP contribution in [0.1, 0.15) is 35.5 Å². The Labute approximate surface area is 164 Å². The molecule has 146 valence electrons. The lowest BCUT2D eigenvalue weighted by Crippen LogP contribution is -2.36. The van der Waals surface area contributed by atoms with Crippen LogP contribution in [-0.4, -0.2) is 31.5 Å². The quantitative estimate of drug-likeness (QED) is 0.707. The van der Waals surface area contributed by atoms with Gasteiger partial charge in [0.2, 0.25) is 0 Å². The van der Waals surface area contributed by atoms with Gasteiger partial charge in [0.1, 0.15) is 11.5 Å². The van der Waals surface area contributed by atoms with E-state index in [4.69, 9.17) is 0 Å². The number of benzene rings is 2. The fourth-order valence-corrected chi connectivity index (χ4v) is 3.09. The summed E-state index contributed by atoms with van der Waals surface area (Å²) in [5.41, 5.74) is 3.06. The first kappa shape index (κ1) is 19.8. The van der Waals surface area contributed by atoms with Gasteiger partial charge in [-0.05, 0) is 48.7 Å². The standard InChI is InChI=1S/C22H24FN3O2/c1-15(2)26(22(28)21-12-25(3)14-24-21)11-16-7-8-20(23)19(10-16)18-6-4-5-17(9-18)13-27/h4-10,12,14-15,27H,11,13H2,1-3H3. The molecule has 0 unspecified atom stereocenters. The van der Waals surface area contributed by atoms with Gasteiger partial charge >= 0.3 is 0 Å². The van der Waals surface area contributed by atoms with Gasteiger partial charge in [-0.25, -0.2) is 9.37 Å². The van der Waals surface area contributed by atoms with Gasteiger partial charge < -0.3 is 14.6 Å². The predicted molar refractivity (Wildman–Crippen MR) is 106 cm³/mol. The van der Waals surface area contributed by atoms with E-state index in [0.29, 0.717) is 23.4 Å². The number of hydrogen-bond acceptors (Lipinski definition) is 3. The van der Waals surface area contributed by atoms with Gasteiger partial charge in [0, 0.05) is 31.4 Å². The Balaban J connectivity index is 1.91. The molecule has 3 aromatic rings. The highest BCUT2D eigenvalue weighted by Crippen LogP contribution is 2.26. The number of rotatable bonds is 6. The summed E-state index contributed by atoms with van der Waals surface area (Å²) in [5.74, 6) is -0.505. The Hall–Kier alpha value is -2.99. The van der Waals surface area contributed by atoms with E-state index in [-0.39, 0.29) is 24.4 Å². The molecule has 2 aromatic carbocycles. The fourth-order valence-electron chi connectivity index (χ4n) is 3.09. The van der Waals surface area contributed by atoms with E-state index >= 15 is 0 Å². The Morgan fingerprint density at radius 3 is 2.64 bits per heavy atom. The zero-order valence-electron chi connectivity index (χ0n) is 16.3. The summed E-state index contributed by atoms with van der Waals surface area (Å²) in [7, 11) is 1.82. The first-order chi connectivity index (χ1) is 13.4. The molecule has 0 saturated heterocycles. The van der Waals surface area contributed by atoms with E-state index < -0.39 is 0 Å². The molecule has 0 fully saturated rings. The molecule has 3 rings (SSSR count). The van der Waals surface area contributed by atoms with Gasteiger partial charge in [-0.3, -0.25) is 4.79 Å². The molecule has 0 radical (unpaired) electrons. The van der Waals surface area contributed by atoms with Gasteiger partial charge in [0.05, 0.1) is 12.9 Å². The fraction of sp³-hybridized carbons (Fsp3) is 0.273. The Morgan fingerprint density at radius 2 is 2.00 bits per heavy atom. The topological polar surface area (TPSA) is 58.4 Å². The van der Waals surface area contributed by atoms with Gasteiger partial charge in [-0.1, -0.05) is 24.3 Å². The Bertz CT molecular complexity index is 981. The van der Waals surface area contributed by atoms with Crippen LogP contribution in [0.2, 0.25) is 0 Å². The third kappa shape index (κ3) is 4.28. The Kier molecular flexibility index (Phi) is 5.90. The number of nitrogens with zero attached hydrogens (tertiary/aromatic N) is 3. The summed E-state index contributed by atoms with van der Waals surface area (Å²) < 4.78 is 16.2. The van der Waals surface area contributed by atoms with Gasteiger partial charge in [-0.15, -0.1) is 0 Å². The highest BCUT2D eigenvalue weighted by atomic mass is 19.1. The van der Waals surface area contributed by atoms with Crippen LogP contribution in [0.3, 0.4) is 0 Å². The maximum absolute atomic E-state index is 14.5. The Morgan fingerprint density at radius 1 is 1.21 bits per heavy atom. The minimum Gasteiger partial charge on any atom is -0.392 e. The number of aryl methyl sites for hydroxylation is 1. The highest BCUT2D eigenvalue weighted by molar-refractivity contribution is 5.92. The van der Waals surface area contributed by atoms with Crippen molar-refractivity contribution in [3.8, 4) is 11.1 Å². The number of hydrogen-bond donors (Lipinski definition) is 1. The third-order valence-electron chi connectivity index (χ3n) is 4.61. The van der Waals surface area contributed by atoms with E-state index in [9.17, 15) is 14.3 Å². The molecular weight excluding hydrogens is 357 g/mol. The molecule has 1 amide bonds. The van der Waals surface area contributed by atoms with Crippen LogP contribution < -0.4 is 0 Å². The lowest BCUT2D eigenvalue weighted by molar-refractivity contribution is 0.0684. The molecule has 6 heteroatoms. The molecule has 1 N–H and O–H groups in total. The van der Waals surface area contributed by atoms with Crippen LogP contribution in [-0.2, 0) is 20.2 Å². The number of aromatic nitrogens is 2. The third-order valence-corrected chi connectivity index (χ3v) is 4.61.